The van der Waals surface area contributed by atoms with E-state index in [1.807, 2.05) is 49.1 Å². The maximum Gasteiger partial charge on any atom is 0.258 e. The summed E-state index contributed by atoms with van der Waals surface area (Å²) in [5, 5.41) is 0. The quantitative estimate of drug-likeness (QED) is 0.813. The van der Waals surface area contributed by atoms with E-state index in [4.69, 9.17) is 5.73 Å². The molecular weight excluding hydrogens is 260 g/mol. The fourth-order valence-corrected chi connectivity index (χ4v) is 3.06. The Balaban J connectivity index is 2.02. The molecule has 0 bridgehead atoms. The number of anilines is 2. The van der Waals surface area contributed by atoms with Gasteiger partial charge in [-0.2, -0.15) is 0 Å². The van der Waals surface area contributed by atoms with Crippen molar-refractivity contribution in [1.29, 1.82) is 0 Å². The topological polar surface area (TPSA) is 46.3 Å². The van der Waals surface area contributed by atoms with Crippen LogP contribution >= 0.6 is 0 Å². The molecule has 3 nitrogen and oxygen atoms in total. The molecule has 0 unspecified atom stereocenters. The molecule has 0 aromatic heterocycles. The Labute approximate surface area is 125 Å². The lowest BCUT2D eigenvalue weighted by Crippen LogP contribution is -2.36. The van der Waals surface area contributed by atoms with Gasteiger partial charge in [0, 0.05) is 23.5 Å². The zero-order valence-corrected chi connectivity index (χ0v) is 12.5. The van der Waals surface area contributed by atoms with Crippen LogP contribution in [-0.4, -0.2) is 12.5 Å². The van der Waals surface area contributed by atoms with Crippen LogP contribution in [0, 0.1) is 13.8 Å². The highest BCUT2D eigenvalue weighted by atomic mass is 16.2. The third kappa shape index (κ3) is 2.40. The van der Waals surface area contributed by atoms with Crippen LogP contribution in [0.2, 0.25) is 0 Å². The van der Waals surface area contributed by atoms with Gasteiger partial charge in [0.05, 0.1) is 0 Å². The predicted molar refractivity (Wildman–Crippen MR) is 86.8 cm³/mol. The molecular formula is C18H20N2O. The monoisotopic (exact) mass is 280 g/mol. The predicted octanol–water partition coefficient (Wildman–Crippen LogP) is 3.48. The minimum absolute atomic E-state index is 0.0686. The molecule has 1 aliphatic heterocycles. The lowest BCUT2D eigenvalue weighted by atomic mass is 9.98. The molecule has 21 heavy (non-hydrogen) atoms. The number of nitrogen functional groups attached to an aromatic ring is 1. The van der Waals surface area contributed by atoms with Gasteiger partial charge < -0.3 is 10.6 Å². The summed E-state index contributed by atoms with van der Waals surface area (Å²) in [6.07, 6.45) is 1.90. The van der Waals surface area contributed by atoms with E-state index in [9.17, 15) is 4.79 Å². The Hall–Kier alpha value is -2.29. The van der Waals surface area contributed by atoms with Gasteiger partial charge in [0.1, 0.15) is 0 Å². The Morgan fingerprint density at radius 3 is 2.76 bits per heavy atom. The first-order chi connectivity index (χ1) is 10.1. The van der Waals surface area contributed by atoms with Crippen LogP contribution < -0.4 is 10.6 Å². The van der Waals surface area contributed by atoms with Crippen LogP contribution in [0.5, 0.6) is 0 Å². The third-order valence-electron chi connectivity index (χ3n) is 4.14. The van der Waals surface area contributed by atoms with Crippen LogP contribution in [0.15, 0.2) is 36.4 Å². The summed E-state index contributed by atoms with van der Waals surface area (Å²) < 4.78 is 0. The van der Waals surface area contributed by atoms with Gasteiger partial charge in [-0.1, -0.05) is 23.8 Å². The fraction of sp³-hybridized carbons (Fsp3) is 0.278. The van der Waals surface area contributed by atoms with Crippen molar-refractivity contribution in [3.63, 3.8) is 0 Å². The number of fused-ring (bicyclic) bond motifs is 1. The summed E-state index contributed by atoms with van der Waals surface area (Å²) in [5.74, 6) is 0.0686. The first-order valence-corrected chi connectivity index (χ1v) is 7.34. The number of hydrogen-bond acceptors (Lipinski definition) is 2. The van der Waals surface area contributed by atoms with Crippen molar-refractivity contribution in [2.24, 2.45) is 0 Å². The largest absolute Gasteiger partial charge is 0.398 e. The van der Waals surface area contributed by atoms with Gasteiger partial charge in [0.25, 0.3) is 5.91 Å². The molecule has 0 atom stereocenters. The van der Waals surface area contributed by atoms with E-state index >= 15 is 0 Å². The van der Waals surface area contributed by atoms with Crippen molar-refractivity contribution in [3.05, 3.63) is 58.7 Å². The van der Waals surface area contributed by atoms with Gasteiger partial charge in [-0.25, -0.2) is 0 Å². The van der Waals surface area contributed by atoms with Crippen LogP contribution in [0.25, 0.3) is 0 Å². The van der Waals surface area contributed by atoms with Crippen molar-refractivity contribution in [3.8, 4) is 0 Å². The van der Waals surface area contributed by atoms with Crippen LogP contribution in [0.1, 0.15) is 33.5 Å². The van der Waals surface area contributed by atoms with Gasteiger partial charge in [0.2, 0.25) is 0 Å². The molecule has 108 valence electrons. The summed E-state index contributed by atoms with van der Waals surface area (Å²) >= 11 is 0. The zero-order chi connectivity index (χ0) is 15.0. The highest BCUT2D eigenvalue weighted by molar-refractivity contribution is 6.08. The van der Waals surface area contributed by atoms with Crippen LogP contribution in [-0.2, 0) is 6.42 Å². The molecule has 0 spiro atoms. The van der Waals surface area contributed by atoms with Gasteiger partial charge in [-0.05, 0) is 56.0 Å². The van der Waals surface area contributed by atoms with Crippen molar-refractivity contribution < 1.29 is 4.79 Å². The second-order valence-corrected chi connectivity index (χ2v) is 5.72. The maximum atomic E-state index is 12.9. The van der Waals surface area contributed by atoms with E-state index in [-0.39, 0.29) is 5.91 Å². The number of hydrogen-bond donors (Lipinski definition) is 1. The Morgan fingerprint density at radius 2 is 2.00 bits per heavy atom. The average molecular weight is 280 g/mol. The SMILES string of the molecule is Cc1ccc(C(=O)N2CCCc3c(N)cccc32)c(C)c1. The molecule has 1 amide bonds. The van der Waals surface area contributed by atoms with Gasteiger partial charge >= 0.3 is 0 Å². The van der Waals surface area contributed by atoms with E-state index < -0.39 is 0 Å². The molecule has 0 aliphatic carbocycles. The Morgan fingerprint density at radius 1 is 1.19 bits per heavy atom. The van der Waals surface area contributed by atoms with Crippen molar-refractivity contribution >= 4 is 17.3 Å². The van der Waals surface area contributed by atoms with E-state index in [1.165, 1.54) is 5.56 Å². The number of nitrogens with two attached hydrogens (primary N) is 1. The summed E-state index contributed by atoms with van der Waals surface area (Å²) in [5.41, 5.74) is 11.9. The molecule has 2 N–H and O–H groups in total. The molecule has 3 rings (SSSR count). The Bertz CT molecular complexity index is 706. The van der Waals surface area contributed by atoms with Gasteiger partial charge in [-0.15, -0.1) is 0 Å². The molecule has 1 heterocycles. The minimum Gasteiger partial charge on any atom is -0.398 e. The molecule has 0 saturated heterocycles. The van der Waals surface area contributed by atoms with Crippen LogP contribution in [0.3, 0.4) is 0 Å². The van der Waals surface area contributed by atoms with Gasteiger partial charge in [0.15, 0.2) is 0 Å². The molecule has 1 aliphatic rings. The summed E-state index contributed by atoms with van der Waals surface area (Å²) in [6.45, 7) is 4.78. The van der Waals surface area contributed by atoms with E-state index in [2.05, 4.69) is 6.07 Å². The number of rotatable bonds is 1. The number of carbonyl (C=O) groups excluding carboxylic acids is 1. The summed E-state index contributed by atoms with van der Waals surface area (Å²) in [6, 6.07) is 11.8. The molecule has 0 saturated carbocycles. The second kappa shape index (κ2) is 5.24. The molecule has 0 fully saturated rings. The number of nitrogens with zero attached hydrogens (tertiary/aromatic N) is 1. The highest BCUT2D eigenvalue weighted by Crippen LogP contribution is 2.32. The fourth-order valence-electron chi connectivity index (χ4n) is 3.06. The number of aryl methyl sites for hydroxylation is 2. The third-order valence-corrected chi connectivity index (χ3v) is 4.14. The van der Waals surface area contributed by atoms with E-state index in [1.54, 1.807) is 0 Å². The minimum atomic E-state index is 0.0686. The van der Waals surface area contributed by atoms with Crippen molar-refractivity contribution in [1.82, 2.24) is 0 Å². The van der Waals surface area contributed by atoms with E-state index in [0.717, 1.165) is 47.5 Å². The summed E-state index contributed by atoms with van der Waals surface area (Å²) in [4.78, 5) is 14.8. The molecule has 2 aromatic carbocycles. The lowest BCUT2D eigenvalue weighted by Gasteiger charge is -2.30. The molecule has 0 radical (unpaired) electrons. The maximum absolute atomic E-state index is 12.9. The van der Waals surface area contributed by atoms with E-state index in [0.29, 0.717) is 0 Å². The van der Waals surface area contributed by atoms with Crippen molar-refractivity contribution in [2.45, 2.75) is 26.7 Å². The Kier molecular flexibility index (Phi) is 3.42. The smallest absolute Gasteiger partial charge is 0.258 e. The second-order valence-electron chi connectivity index (χ2n) is 5.72. The number of amides is 1. The first kappa shape index (κ1) is 13.7. The lowest BCUT2D eigenvalue weighted by molar-refractivity contribution is 0.0984. The molecule has 2 aromatic rings. The standard InChI is InChI=1S/C18H20N2O/c1-12-8-9-14(13(2)11-12)18(21)20-10-4-5-15-16(19)6-3-7-17(15)20/h3,6-9,11H,4-5,10,19H2,1-2H3. The highest BCUT2D eigenvalue weighted by Gasteiger charge is 2.25. The summed E-state index contributed by atoms with van der Waals surface area (Å²) in [7, 11) is 0. The number of benzene rings is 2. The zero-order valence-electron chi connectivity index (χ0n) is 12.5. The normalized spacial score (nSPS) is 13.9. The average Bonchev–Trinajstić information content (AvgIpc) is 2.46. The van der Waals surface area contributed by atoms with Crippen molar-refractivity contribution in [2.75, 3.05) is 17.2 Å². The van der Waals surface area contributed by atoms with Gasteiger partial charge in [-0.3, -0.25) is 4.79 Å². The molecule has 3 heteroatoms. The van der Waals surface area contributed by atoms with Crippen LogP contribution in [0.4, 0.5) is 11.4 Å². The first-order valence-electron chi connectivity index (χ1n) is 7.34. The number of carbonyl (C=O) groups is 1.